The second kappa shape index (κ2) is 16.3. The average molecular weight is 637 g/mol. The molecule has 2 aliphatic heterocycles. The van der Waals surface area contributed by atoms with Crippen LogP contribution in [0.1, 0.15) is 48.5 Å². The van der Waals surface area contributed by atoms with Crippen molar-refractivity contribution in [1.29, 1.82) is 0 Å². The minimum atomic E-state index is -1.87. The molecule has 1 N–H and O–H groups in total. The lowest BCUT2D eigenvalue weighted by atomic mass is 9.96. The lowest BCUT2D eigenvalue weighted by molar-refractivity contribution is -0.357. The minimum absolute atomic E-state index is 0.567. The number of aliphatic hydroxyl groups excluding tert-OH is 1. The summed E-state index contributed by atoms with van der Waals surface area (Å²) >= 11 is 0. The monoisotopic (exact) mass is 636 g/mol. The maximum absolute atomic E-state index is 12.1. The molecule has 18 nitrogen and oxygen atoms in total. The van der Waals surface area contributed by atoms with Crippen LogP contribution in [-0.4, -0.2) is 122 Å². The first-order valence-electron chi connectivity index (χ1n) is 13.3. The van der Waals surface area contributed by atoms with Crippen LogP contribution in [0.4, 0.5) is 0 Å². The molecule has 0 aromatic heterocycles. The van der Waals surface area contributed by atoms with E-state index >= 15 is 0 Å². The van der Waals surface area contributed by atoms with E-state index in [0.29, 0.717) is 0 Å². The van der Waals surface area contributed by atoms with Gasteiger partial charge in [-0.15, -0.1) is 0 Å². The fourth-order valence-electron chi connectivity index (χ4n) is 4.43. The van der Waals surface area contributed by atoms with Gasteiger partial charge in [-0.1, -0.05) is 0 Å². The molecule has 2 rings (SSSR count). The predicted octanol–water partition coefficient (Wildman–Crippen LogP) is -1.40. The third-order valence-corrected chi connectivity index (χ3v) is 5.89. The van der Waals surface area contributed by atoms with E-state index in [1.165, 1.54) is 0 Å². The zero-order valence-corrected chi connectivity index (χ0v) is 25.1. The summed E-state index contributed by atoms with van der Waals surface area (Å²) in [4.78, 5) is 83.0. The zero-order chi connectivity index (χ0) is 33.3. The number of carbonyl (C=O) groups excluding carboxylic acids is 7. The van der Waals surface area contributed by atoms with Crippen LogP contribution in [0, 0.1) is 0 Å². The standard InChI is InChI=1S/C26H36O18/c1-10(27)35-8-17-20(19(34)22(38-13(4)30)25(42-17)41-16(7)33)44-26-24(40-15(6)32)23(39-14(5)31)21(37-12(3)29)18(43-26)9-36-11(2)28/h17-26,34H,8-9H2,1-7H3/t17-,18-,19+,20-,21-,22-,23+,24-,25-,26+/m1/s1. The molecule has 0 spiro atoms. The quantitative estimate of drug-likeness (QED) is 0.203. The third-order valence-electron chi connectivity index (χ3n) is 5.89. The zero-order valence-electron chi connectivity index (χ0n) is 25.1. The molecular weight excluding hydrogens is 600 g/mol. The smallest absolute Gasteiger partial charge is 0.305 e. The summed E-state index contributed by atoms with van der Waals surface area (Å²) in [6.07, 6.45) is -16.3. The van der Waals surface area contributed by atoms with Crippen LogP contribution in [0.3, 0.4) is 0 Å². The number of hydrogen-bond acceptors (Lipinski definition) is 18. The highest BCUT2D eigenvalue weighted by Crippen LogP contribution is 2.34. The van der Waals surface area contributed by atoms with Gasteiger partial charge in [0.15, 0.2) is 30.7 Å². The van der Waals surface area contributed by atoms with Gasteiger partial charge in [-0.2, -0.15) is 0 Å². The van der Waals surface area contributed by atoms with E-state index in [9.17, 15) is 38.7 Å². The Balaban J connectivity index is 2.60. The largest absolute Gasteiger partial charge is 0.463 e. The van der Waals surface area contributed by atoms with E-state index in [2.05, 4.69) is 0 Å². The van der Waals surface area contributed by atoms with Gasteiger partial charge in [0.2, 0.25) is 6.29 Å². The van der Waals surface area contributed by atoms with E-state index in [-0.39, 0.29) is 0 Å². The van der Waals surface area contributed by atoms with E-state index < -0.39 is 116 Å². The molecule has 2 saturated heterocycles. The van der Waals surface area contributed by atoms with Gasteiger partial charge in [0.1, 0.15) is 37.6 Å². The van der Waals surface area contributed by atoms with E-state index in [0.717, 1.165) is 48.5 Å². The first kappa shape index (κ1) is 36.3. The highest BCUT2D eigenvalue weighted by atomic mass is 16.8. The third kappa shape index (κ3) is 10.7. The Morgan fingerprint density at radius 1 is 0.477 bits per heavy atom. The fourth-order valence-corrected chi connectivity index (χ4v) is 4.43. The normalized spacial score (nSPS) is 31.5. The Kier molecular flexibility index (Phi) is 13.4. The van der Waals surface area contributed by atoms with Gasteiger partial charge < -0.3 is 52.5 Å². The van der Waals surface area contributed by atoms with Gasteiger partial charge in [-0.25, -0.2) is 0 Å². The van der Waals surface area contributed by atoms with Crippen LogP contribution in [0.15, 0.2) is 0 Å². The van der Waals surface area contributed by atoms with Crippen molar-refractivity contribution in [2.24, 2.45) is 0 Å². The van der Waals surface area contributed by atoms with Crippen LogP contribution in [0.25, 0.3) is 0 Å². The predicted molar refractivity (Wildman–Crippen MR) is 135 cm³/mol. The Bertz CT molecular complexity index is 1090. The number of rotatable bonds is 11. The molecule has 2 fully saturated rings. The topological polar surface area (TPSA) is 232 Å². The molecule has 0 aliphatic carbocycles. The molecule has 0 aromatic rings. The Morgan fingerprint density at radius 3 is 1.32 bits per heavy atom. The van der Waals surface area contributed by atoms with Crippen LogP contribution < -0.4 is 0 Å². The minimum Gasteiger partial charge on any atom is -0.463 e. The molecule has 0 bridgehead atoms. The lowest BCUT2D eigenvalue weighted by Gasteiger charge is -2.47. The summed E-state index contributed by atoms with van der Waals surface area (Å²) in [6, 6.07) is 0. The van der Waals surface area contributed by atoms with Crippen LogP contribution in [0.5, 0.6) is 0 Å². The molecule has 2 aliphatic rings. The molecule has 0 radical (unpaired) electrons. The highest BCUT2D eigenvalue weighted by molar-refractivity contribution is 5.69. The lowest BCUT2D eigenvalue weighted by Crippen LogP contribution is -2.66. The number of esters is 7. The second-order valence-electron chi connectivity index (χ2n) is 9.69. The van der Waals surface area contributed by atoms with Crippen molar-refractivity contribution in [2.75, 3.05) is 13.2 Å². The first-order chi connectivity index (χ1) is 20.5. The molecule has 0 unspecified atom stereocenters. The van der Waals surface area contributed by atoms with Gasteiger partial charge >= 0.3 is 41.8 Å². The van der Waals surface area contributed by atoms with Crippen molar-refractivity contribution in [3.63, 3.8) is 0 Å². The highest BCUT2D eigenvalue weighted by Gasteiger charge is 2.56. The van der Waals surface area contributed by atoms with Crippen LogP contribution in [-0.2, 0) is 80.9 Å². The molecule has 18 heteroatoms. The Hall–Kier alpha value is -3.87. The van der Waals surface area contributed by atoms with Crippen molar-refractivity contribution in [1.82, 2.24) is 0 Å². The average Bonchev–Trinajstić information content (AvgIpc) is 2.87. The molecule has 0 saturated carbocycles. The maximum Gasteiger partial charge on any atom is 0.305 e. The first-order valence-corrected chi connectivity index (χ1v) is 13.3. The summed E-state index contributed by atoms with van der Waals surface area (Å²) in [6.45, 7) is 6.13. The van der Waals surface area contributed by atoms with Gasteiger partial charge in [0.05, 0.1) is 0 Å². The van der Waals surface area contributed by atoms with Gasteiger partial charge in [0, 0.05) is 48.5 Å². The number of aliphatic hydroxyl groups is 1. The molecule has 2 heterocycles. The van der Waals surface area contributed by atoms with Crippen molar-refractivity contribution < 1.29 is 86.0 Å². The van der Waals surface area contributed by atoms with Crippen molar-refractivity contribution in [3.8, 4) is 0 Å². The van der Waals surface area contributed by atoms with E-state index in [4.69, 9.17) is 47.4 Å². The number of carbonyl (C=O) groups is 7. The summed E-state index contributed by atoms with van der Waals surface area (Å²) < 4.78 is 53.8. The van der Waals surface area contributed by atoms with Gasteiger partial charge in [0.25, 0.3) is 0 Å². The van der Waals surface area contributed by atoms with Gasteiger partial charge in [-0.3, -0.25) is 33.6 Å². The Morgan fingerprint density at radius 2 is 0.864 bits per heavy atom. The number of ether oxygens (including phenoxy) is 10. The van der Waals surface area contributed by atoms with E-state index in [1.54, 1.807) is 0 Å². The summed E-state index contributed by atoms with van der Waals surface area (Å²) in [5.74, 6) is -5.97. The van der Waals surface area contributed by atoms with Crippen molar-refractivity contribution in [2.45, 2.75) is 110 Å². The van der Waals surface area contributed by atoms with Crippen molar-refractivity contribution in [3.05, 3.63) is 0 Å². The second-order valence-corrected chi connectivity index (χ2v) is 9.69. The summed E-state index contributed by atoms with van der Waals surface area (Å²) in [5.41, 5.74) is 0. The summed E-state index contributed by atoms with van der Waals surface area (Å²) in [5, 5.41) is 11.3. The van der Waals surface area contributed by atoms with Crippen LogP contribution >= 0.6 is 0 Å². The number of hydrogen-bond donors (Lipinski definition) is 1. The molecule has 248 valence electrons. The van der Waals surface area contributed by atoms with Crippen LogP contribution in [0.2, 0.25) is 0 Å². The molecular formula is C26H36O18. The maximum atomic E-state index is 12.1. The molecule has 10 atom stereocenters. The molecule has 44 heavy (non-hydrogen) atoms. The van der Waals surface area contributed by atoms with Crippen molar-refractivity contribution >= 4 is 41.8 Å². The van der Waals surface area contributed by atoms with E-state index in [1.807, 2.05) is 0 Å². The molecule has 0 aromatic carbocycles. The Labute approximate surface area is 251 Å². The molecule has 0 amide bonds. The summed E-state index contributed by atoms with van der Waals surface area (Å²) in [7, 11) is 0. The fraction of sp³-hybridized carbons (Fsp3) is 0.731. The van der Waals surface area contributed by atoms with Gasteiger partial charge in [-0.05, 0) is 0 Å². The SMILES string of the molecule is CC(=O)OC[C@H]1O[C@@H](OC(C)=O)[C@H](OC(C)=O)[C@@H](O)[C@@H]1O[C@@H]1O[C@H](COC(C)=O)[C@@H](OC(C)=O)[C@H](OC(C)=O)[C@H]1OC(C)=O.